The van der Waals surface area contributed by atoms with Gasteiger partial charge in [0.05, 0.1) is 44.0 Å². The van der Waals surface area contributed by atoms with Gasteiger partial charge in [0.25, 0.3) is 0 Å². The van der Waals surface area contributed by atoms with Crippen molar-refractivity contribution in [1.82, 2.24) is 0 Å². The number of carbonyl (C=O) groups excluding carboxylic acids is 5. The second kappa shape index (κ2) is 14.4. The van der Waals surface area contributed by atoms with E-state index in [-0.39, 0.29) is 18.8 Å². The molecule has 15 heteroatoms. The van der Waals surface area contributed by atoms with Crippen molar-refractivity contribution < 1.29 is 71.3 Å². The highest BCUT2D eigenvalue weighted by molar-refractivity contribution is 5.89. The fraction of sp³-hybridized carbons (Fsp3) is 0.654. The predicted octanol–water partition coefficient (Wildman–Crippen LogP) is 0.291. The number of rotatable bonds is 10. The Morgan fingerprint density at radius 3 is 2.00 bits per heavy atom. The number of ether oxygens (including phenoxy) is 10. The molecular formula is C26H34O15. The molecule has 0 unspecified atom stereocenters. The van der Waals surface area contributed by atoms with Gasteiger partial charge in [-0.3, -0.25) is 19.2 Å². The molecule has 2 fully saturated rings. The molecule has 0 saturated carbocycles. The Labute approximate surface area is 235 Å². The molecule has 2 saturated heterocycles. The topological polar surface area (TPSA) is 178 Å². The third-order valence-corrected chi connectivity index (χ3v) is 6.27. The summed E-state index contributed by atoms with van der Waals surface area (Å²) in [7, 11) is 1.21. The summed E-state index contributed by atoms with van der Waals surface area (Å²) in [5, 5.41) is 0. The van der Waals surface area contributed by atoms with Gasteiger partial charge in [-0.2, -0.15) is 0 Å². The predicted molar refractivity (Wildman–Crippen MR) is 131 cm³/mol. The number of hydrogen-bond donors (Lipinski definition) is 0. The zero-order valence-corrected chi connectivity index (χ0v) is 23.3. The summed E-state index contributed by atoms with van der Waals surface area (Å²) >= 11 is 0. The molecule has 0 N–H and O–H groups in total. The van der Waals surface area contributed by atoms with Crippen LogP contribution < -0.4 is 0 Å². The fourth-order valence-electron chi connectivity index (χ4n) is 4.71. The lowest BCUT2D eigenvalue weighted by molar-refractivity contribution is -0.343. The molecule has 0 bridgehead atoms. The van der Waals surface area contributed by atoms with Gasteiger partial charge < -0.3 is 47.4 Å². The van der Waals surface area contributed by atoms with Crippen LogP contribution in [0.25, 0.3) is 0 Å². The van der Waals surface area contributed by atoms with Crippen LogP contribution in [0, 0.1) is 11.8 Å². The lowest BCUT2D eigenvalue weighted by Crippen LogP contribution is -2.63. The molecule has 228 valence electrons. The van der Waals surface area contributed by atoms with Gasteiger partial charge in [0.2, 0.25) is 12.6 Å². The van der Waals surface area contributed by atoms with Gasteiger partial charge in [0.1, 0.15) is 12.7 Å². The van der Waals surface area contributed by atoms with Crippen LogP contribution in [-0.4, -0.2) is 100 Å². The lowest BCUT2D eigenvalue weighted by atomic mass is 9.83. The highest BCUT2D eigenvalue weighted by Crippen LogP contribution is 2.40. The first-order chi connectivity index (χ1) is 19.5. The number of carbonyl (C=O) groups is 5. The Morgan fingerprint density at radius 2 is 1.46 bits per heavy atom. The van der Waals surface area contributed by atoms with E-state index < -0.39 is 91.6 Å². The van der Waals surface area contributed by atoms with E-state index in [4.69, 9.17) is 47.4 Å². The summed E-state index contributed by atoms with van der Waals surface area (Å²) in [6.07, 6.45) is -6.54. The smallest absolute Gasteiger partial charge is 0.337 e. The van der Waals surface area contributed by atoms with Crippen LogP contribution in [0.5, 0.6) is 0 Å². The van der Waals surface area contributed by atoms with E-state index in [9.17, 15) is 24.0 Å². The molecule has 3 heterocycles. The summed E-state index contributed by atoms with van der Waals surface area (Å²) in [4.78, 5) is 60.2. The van der Waals surface area contributed by atoms with Gasteiger partial charge in [0, 0.05) is 27.7 Å². The summed E-state index contributed by atoms with van der Waals surface area (Å²) in [5.74, 6) is -5.31. The van der Waals surface area contributed by atoms with Crippen LogP contribution in [0.4, 0.5) is 0 Å². The van der Waals surface area contributed by atoms with E-state index in [1.54, 1.807) is 0 Å². The molecule has 0 aromatic carbocycles. The Hall–Kier alpha value is -3.53. The minimum atomic E-state index is -1.53. The summed E-state index contributed by atoms with van der Waals surface area (Å²) in [6.45, 7) is 8.44. The molecule has 0 amide bonds. The van der Waals surface area contributed by atoms with Crippen molar-refractivity contribution in [1.29, 1.82) is 0 Å². The van der Waals surface area contributed by atoms with E-state index in [0.717, 1.165) is 34.0 Å². The monoisotopic (exact) mass is 586 g/mol. The molecule has 41 heavy (non-hydrogen) atoms. The summed E-state index contributed by atoms with van der Waals surface area (Å²) < 4.78 is 55.4. The van der Waals surface area contributed by atoms with Gasteiger partial charge in [-0.15, -0.1) is 6.58 Å². The van der Waals surface area contributed by atoms with Crippen LogP contribution in [0.15, 0.2) is 24.5 Å². The molecule has 15 nitrogen and oxygen atoms in total. The van der Waals surface area contributed by atoms with Gasteiger partial charge in [-0.25, -0.2) is 4.79 Å². The maximum absolute atomic E-state index is 12.5. The third-order valence-electron chi connectivity index (χ3n) is 6.27. The Bertz CT molecular complexity index is 1030. The van der Waals surface area contributed by atoms with Gasteiger partial charge >= 0.3 is 29.8 Å². The molecule has 0 spiro atoms. The van der Waals surface area contributed by atoms with Crippen molar-refractivity contribution in [3.8, 4) is 0 Å². The first-order valence-electron chi connectivity index (χ1n) is 12.7. The molecule has 3 aliphatic rings. The van der Waals surface area contributed by atoms with Crippen LogP contribution in [0.1, 0.15) is 27.7 Å². The van der Waals surface area contributed by atoms with Crippen molar-refractivity contribution >= 4 is 29.8 Å². The summed E-state index contributed by atoms with van der Waals surface area (Å²) in [5.41, 5.74) is 0.102. The van der Waals surface area contributed by atoms with Crippen LogP contribution in [0.2, 0.25) is 0 Å². The van der Waals surface area contributed by atoms with Crippen molar-refractivity contribution in [2.24, 2.45) is 11.8 Å². The zero-order valence-electron chi connectivity index (χ0n) is 23.3. The van der Waals surface area contributed by atoms with E-state index >= 15 is 0 Å². The van der Waals surface area contributed by atoms with Crippen molar-refractivity contribution in [3.63, 3.8) is 0 Å². The van der Waals surface area contributed by atoms with Crippen molar-refractivity contribution in [2.45, 2.75) is 71.0 Å². The fourth-order valence-corrected chi connectivity index (χ4v) is 4.71. The minimum absolute atomic E-state index is 0.102. The van der Waals surface area contributed by atoms with Crippen LogP contribution in [0.3, 0.4) is 0 Å². The molecule has 0 radical (unpaired) electrons. The minimum Gasteiger partial charge on any atom is -0.471 e. The van der Waals surface area contributed by atoms with Gasteiger partial charge in [-0.1, -0.05) is 6.08 Å². The van der Waals surface area contributed by atoms with Crippen LogP contribution >= 0.6 is 0 Å². The normalized spacial score (nSPS) is 31.6. The SMILES string of the molecule is C=C[C@@H]1[C@H](O[C@H]2O[C@@H](COC(C)=O)[C@H](OC(C)=O)[C@@H](OC(C)=O)[C@@H]2OC(C)=O)OC=C(C(=O)OC)[C@H]1C1OCCO1. The zero-order chi connectivity index (χ0) is 30.3. The first-order valence-corrected chi connectivity index (χ1v) is 12.7. The largest absolute Gasteiger partial charge is 0.471 e. The highest BCUT2D eigenvalue weighted by atomic mass is 16.8. The van der Waals surface area contributed by atoms with Crippen LogP contribution in [-0.2, 0) is 71.3 Å². The van der Waals surface area contributed by atoms with E-state index in [2.05, 4.69) is 6.58 Å². The quantitative estimate of drug-likeness (QED) is 0.194. The van der Waals surface area contributed by atoms with E-state index in [0.29, 0.717) is 0 Å². The van der Waals surface area contributed by atoms with Crippen molar-refractivity contribution in [2.75, 3.05) is 26.9 Å². The average molecular weight is 587 g/mol. The molecule has 0 aromatic heterocycles. The Kier molecular flexibility index (Phi) is 11.2. The third kappa shape index (κ3) is 8.03. The number of hydrogen-bond acceptors (Lipinski definition) is 15. The highest BCUT2D eigenvalue weighted by Gasteiger charge is 2.55. The molecule has 8 atom stereocenters. The van der Waals surface area contributed by atoms with E-state index in [1.807, 2.05) is 0 Å². The molecule has 3 rings (SSSR count). The number of esters is 5. The second-order valence-corrected chi connectivity index (χ2v) is 9.22. The van der Waals surface area contributed by atoms with Gasteiger partial charge in [0.15, 0.2) is 24.6 Å². The standard InChI is InChI=1S/C26H34O15/c1-7-16-19(25-33-8-9-34-25)17(23(31)32-6)10-36-24(16)41-26-22(39-15(5)30)21(38-14(4)29)20(37-13(3)28)18(40-26)11-35-12(2)27/h7,10,16,18-22,24-26H,1,8-9,11H2,2-6H3/t16-,18-,19-,20-,21+,22-,24-,26+/m0/s1. The maximum atomic E-state index is 12.5. The maximum Gasteiger partial charge on any atom is 0.337 e. The molecular weight excluding hydrogens is 552 g/mol. The first kappa shape index (κ1) is 32.0. The van der Waals surface area contributed by atoms with Crippen molar-refractivity contribution in [3.05, 3.63) is 24.5 Å². The molecule has 0 aromatic rings. The lowest BCUT2D eigenvalue weighted by Gasteiger charge is -2.46. The van der Waals surface area contributed by atoms with Gasteiger partial charge in [-0.05, 0) is 0 Å². The average Bonchev–Trinajstić information content (AvgIpc) is 3.44. The Morgan fingerprint density at radius 1 is 0.878 bits per heavy atom. The number of methoxy groups -OCH3 is 1. The Balaban J connectivity index is 2.00. The molecule has 0 aliphatic carbocycles. The summed E-state index contributed by atoms with van der Waals surface area (Å²) in [6, 6.07) is 0. The second-order valence-electron chi connectivity index (χ2n) is 9.22. The molecule has 3 aliphatic heterocycles. The van der Waals surface area contributed by atoms with E-state index in [1.165, 1.54) is 13.2 Å².